The highest BCUT2D eigenvalue weighted by Gasteiger charge is 2.14. The summed E-state index contributed by atoms with van der Waals surface area (Å²) < 4.78 is 0.663. The molecule has 0 radical (unpaired) electrons. The minimum atomic E-state index is -1.00. The van der Waals surface area contributed by atoms with Crippen molar-refractivity contribution in [3.63, 3.8) is 0 Å². The number of carboxylic acid groups (broad SMARTS) is 1. The highest BCUT2D eigenvalue weighted by molar-refractivity contribution is 9.11. The summed E-state index contributed by atoms with van der Waals surface area (Å²) in [7, 11) is 0. The zero-order valence-corrected chi connectivity index (χ0v) is 12.0. The van der Waals surface area contributed by atoms with Crippen molar-refractivity contribution in [3.05, 3.63) is 26.6 Å². The molecule has 0 aliphatic carbocycles. The molecule has 98 valence electrons. The van der Waals surface area contributed by atoms with Crippen LogP contribution in [0.3, 0.4) is 0 Å². The number of aromatic nitrogens is 1. The third-order valence-corrected chi connectivity index (χ3v) is 3.30. The molecule has 6 nitrogen and oxygen atoms in total. The predicted molar refractivity (Wildman–Crippen MR) is 72.1 cm³/mol. The minimum absolute atomic E-state index is 0.194. The molecular weight excluding hydrogens is 322 g/mol. The number of carbonyl (C=O) groups is 2. The fourth-order valence-electron chi connectivity index (χ4n) is 1.12. The van der Waals surface area contributed by atoms with Crippen LogP contribution in [0.5, 0.6) is 0 Å². The van der Waals surface area contributed by atoms with Crippen LogP contribution in [0.4, 0.5) is 4.79 Å². The Hall–Kier alpha value is -1.41. The van der Waals surface area contributed by atoms with E-state index in [9.17, 15) is 9.59 Å². The van der Waals surface area contributed by atoms with Crippen molar-refractivity contribution in [2.75, 3.05) is 6.54 Å². The third kappa shape index (κ3) is 4.46. The maximum Gasteiger partial charge on any atom is 0.347 e. The number of amides is 2. The number of thiazole rings is 1. The normalized spacial score (nSPS) is 9.89. The van der Waals surface area contributed by atoms with E-state index in [2.05, 4.69) is 38.1 Å². The van der Waals surface area contributed by atoms with E-state index in [1.807, 2.05) is 0 Å². The molecule has 0 aliphatic heterocycles. The topological polar surface area (TPSA) is 91.3 Å². The Morgan fingerprint density at radius 1 is 1.50 bits per heavy atom. The third-order valence-electron chi connectivity index (χ3n) is 1.88. The van der Waals surface area contributed by atoms with Gasteiger partial charge in [-0.3, -0.25) is 0 Å². The molecule has 0 aliphatic rings. The van der Waals surface area contributed by atoms with Crippen LogP contribution in [0.15, 0.2) is 11.1 Å². The number of halogens is 1. The van der Waals surface area contributed by atoms with Crippen LogP contribution in [0.25, 0.3) is 0 Å². The van der Waals surface area contributed by atoms with Gasteiger partial charge in [0.1, 0.15) is 9.88 Å². The van der Waals surface area contributed by atoms with E-state index in [0.717, 1.165) is 11.3 Å². The van der Waals surface area contributed by atoms with Gasteiger partial charge < -0.3 is 15.7 Å². The Kier molecular flexibility index (Phi) is 5.29. The van der Waals surface area contributed by atoms with Gasteiger partial charge in [0.2, 0.25) is 0 Å². The monoisotopic (exact) mass is 333 g/mol. The lowest BCUT2D eigenvalue weighted by atomic mass is 10.4. The second kappa shape index (κ2) is 6.50. The van der Waals surface area contributed by atoms with Gasteiger partial charge in [0, 0.05) is 4.48 Å². The zero-order valence-electron chi connectivity index (χ0n) is 9.62. The van der Waals surface area contributed by atoms with Crippen LogP contribution >= 0.6 is 27.3 Å². The maximum absolute atomic E-state index is 11.3. The van der Waals surface area contributed by atoms with Crippen molar-refractivity contribution in [2.24, 2.45) is 0 Å². The lowest BCUT2D eigenvalue weighted by Crippen LogP contribution is -2.35. The zero-order chi connectivity index (χ0) is 13.7. The van der Waals surface area contributed by atoms with Crippen molar-refractivity contribution in [1.82, 2.24) is 15.6 Å². The summed E-state index contributed by atoms with van der Waals surface area (Å²) in [6, 6.07) is -0.361. The van der Waals surface area contributed by atoms with Gasteiger partial charge in [-0.1, -0.05) is 22.5 Å². The molecule has 0 spiro atoms. The molecule has 0 bridgehead atoms. The first-order chi connectivity index (χ1) is 8.40. The Balaban J connectivity index is 2.48. The van der Waals surface area contributed by atoms with Gasteiger partial charge in [-0.15, -0.1) is 11.3 Å². The second-order valence-corrected chi connectivity index (χ2v) is 5.59. The molecule has 8 heteroatoms. The van der Waals surface area contributed by atoms with E-state index in [4.69, 9.17) is 5.11 Å². The standard InChI is InChI=1S/C10H12BrN3O3S/c1-5(11)3-12-10(17)13-4-7-14-6(2)8(18-7)9(15)16/h1,3-4H2,2H3,(H,15,16)(H2,12,13,17). The van der Waals surface area contributed by atoms with Crippen molar-refractivity contribution >= 4 is 39.3 Å². The number of hydrogen-bond acceptors (Lipinski definition) is 4. The van der Waals surface area contributed by atoms with E-state index in [1.54, 1.807) is 6.92 Å². The molecule has 18 heavy (non-hydrogen) atoms. The van der Waals surface area contributed by atoms with Crippen LogP contribution in [-0.2, 0) is 6.54 Å². The lowest BCUT2D eigenvalue weighted by molar-refractivity contribution is 0.0701. The van der Waals surface area contributed by atoms with Crippen LogP contribution in [0.2, 0.25) is 0 Å². The van der Waals surface area contributed by atoms with E-state index in [1.165, 1.54) is 0 Å². The highest BCUT2D eigenvalue weighted by atomic mass is 79.9. The van der Waals surface area contributed by atoms with Gasteiger partial charge in [0.25, 0.3) is 0 Å². The van der Waals surface area contributed by atoms with Gasteiger partial charge in [-0.05, 0) is 6.92 Å². The number of carboxylic acids is 1. The second-order valence-electron chi connectivity index (χ2n) is 3.38. The number of carbonyl (C=O) groups excluding carboxylic acids is 1. The largest absolute Gasteiger partial charge is 0.477 e. The average molecular weight is 334 g/mol. The van der Waals surface area contributed by atoms with Crippen molar-refractivity contribution in [1.29, 1.82) is 0 Å². The number of nitrogens with zero attached hydrogens (tertiary/aromatic N) is 1. The fraction of sp³-hybridized carbons (Fsp3) is 0.300. The molecule has 0 saturated carbocycles. The van der Waals surface area contributed by atoms with Crippen molar-refractivity contribution < 1.29 is 14.7 Å². The van der Waals surface area contributed by atoms with Gasteiger partial charge in [-0.25, -0.2) is 14.6 Å². The van der Waals surface area contributed by atoms with Gasteiger partial charge in [0.15, 0.2) is 0 Å². The molecular formula is C10H12BrN3O3S. The minimum Gasteiger partial charge on any atom is -0.477 e. The quantitative estimate of drug-likeness (QED) is 0.766. The molecule has 1 aromatic rings. The van der Waals surface area contributed by atoms with E-state index < -0.39 is 5.97 Å². The molecule has 2 amide bonds. The molecule has 1 rings (SSSR count). The van der Waals surface area contributed by atoms with Crippen LogP contribution in [0.1, 0.15) is 20.4 Å². The summed E-state index contributed by atoms with van der Waals surface area (Å²) in [5.74, 6) is -1.00. The Labute approximate surface area is 116 Å². The highest BCUT2D eigenvalue weighted by Crippen LogP contribution is 2.17. The first kappa shape index (κ1) is 14.7. The molecule has 0 aromatic carbocycles. The number of nitrogens with one attached hydrogen (secondary N) is 2. The Morgan fingerprint density at radius 3 is 2.67 bits per heavy atom. The molecule has 0 atom stereocenters. The van der Waals surface area contributed by atoms with Gasteiger partial charge in [-0.2, -0.15) is 0 Å². The smallest absolute Gasteiger partial charge is 0.347 e. The number of rotatable bonds is 5. The SMILES string of the molecule is C=C(Br)CNC(=O)NCc1nc(C)c(C(=O)O)s1. The van der Waals surface area contributed by atoms with E-state index in [0.29, 0.717) is 21.7 Å². The molecule has 3 N–H and O–H groups in total. The summed E-state index contributed by atoms with van der Waals surface area (Å²) in [6.45, 7) is 5.72. The Morgan fingerprint density at radius 2 is 2.17 bits per heavy atom. The maximum atomic E-state index is 11.3. The van der Waals surface area contributed by atoms with Crippen molar-refractivity contribution in [3.8, 4) is 0 Å². The number of aromatic carboxylic acids is 1. The first-order valence-corrected chi connectivity index (χ1v) is 6.55. The molecule has 0 saturated heterocycles. The van der Waals surface area contributed by atoms with Crippen molar-refractivity contribution in [2.45, 2.75) is 13.5 Å². The fourth-order valence-corrected chi connectivity index (χ4v) is 2.10. The summed E-state index contributed by atoms with van der Waals surface area (Å²) in [6.07, 6.45) is 0. The predicted octanol–water partition coefficient (Wildman–Crippen LogP) is 1.86. The molecule has 0 fully saturated rings. The van der Waals surface area contributed by atoms with E-state index in [-0.39, 0.29) is 17.5 Å². The molecule has 1 aromatic heterocycles. The number of urea groups is 1. The van der Waals surface area contributed by atoms with E-state index >= 15 is 0 Å². The van der Waals surface area contributed by atoms with Crippen LogP contribution in [0, 0.1) is 6.92 Å². The summed E-state index contributed by atoms with van der Waals surface area (Å²) in [4.78, 5) is 26.4. The first-order valence-electron chi connectivity index (χ1n) is 4.94. The van der Waals surface area contributed by atoms with Gasteiger partial charge in [0.05, 0.1) is 18.8 Å². The Bertz CT molecular complexity index is 487. The summed E-state index contributed by atoms with van der Waals surface area (Å²) in [5, 5.41) is 14.5. The molecule has 0 unspecified atom stereocenters. The number of hydrogen-bond donors (Lipinski definition) is 3. The average Bonchev–Trinajstić information content (AvgIpc) is 2.65. The van der Waals surface area contributed by atoms with Crippen LogP contribution < -0.4 is 10.6 Å². The number of aryl methyl sites for hydroxylation is 1. The van der Waals surface area contributed by atoms with Gasteiger partial charge >= 0.3 is 12.0 Å². The lowest BCUT2D eigenvalue weighted by Gasteiger charge is -2.04. The van der Waals surface area contributed by atoms with Crippen LogP contribution in [-0.4, -0.2) is 28.6 Å². The summed E-state index contributed by atoms with van der Waals surface area (Å²) in [5.41, 5.74) is 0.457. The summed E-state index contributed by atoms with van der Waals surface area (Å²) >= 11 is 4.17. The molecule has 1 heterocycles.